The van der Waals surface area contributed by atoms with Gasteiger partial charge in [-0.15, -0.1) is 0 Å². The Kier molecular flexibility index (Phi) is 3.47. The number of nitrogens with one attached hydrogen (secondary N) is 1. The van der Waals surface area contributed by atoms with Crippen LogP contribution in [0.2, 0.25) is 0 Å². The maximum absolute atomic E-state index is 13.4. The van der Waals surface area contributed by atoms with Gasteiger partial charge in [0.25, 0.3) is 5.56 Å². The van der Waals surface area contributed by atoms with Crippen LogP contribution < -0.4 is 11.2 Å². The van der Waals surface area contributed by atoms with Gasteiger partial charge < -0.3 is 5.11 Å². The number of aromatic nitrogens is 5. The summed E-state index contributed by atoms with van der Waals surface area (Å²) in [5.41, 5.74) is 0.937. The van der Waals surface area contributed by atoms with Crippen LogP contribution >= 0.6 is 0 Å². The minimum absolute atomic E-state index is 0.00353. The Balaban J connectivity index is 1.97. The van der Waals surface area contributed by atoms with Crippen LogP contribution in [0.3, 0.4) is 0 Å². The summed E-state index contributed by atoms with van der Waals surface area (Å²) in [6.07, 6.45) is 1.67. The lowest BCUT2D eigenvalue weighted by atomic mass is 10.1. The Bertz CT molecular complexity index is 1520. The van der Waals surface area contributed by atoms with Gasteiger partial charge in [0, 0.05) is 18.8 Å². The number of fused-ring (bicyclic) bond motifs is 3. The van der Waals surface area contributed by atoms with Crippen molar-refractivity contribution in [2.24, 2.45) is 7.05 Å². The molecule has 2 aromatic carbocycles. The first-order valence-corrected chi connectivity index (χ1v) is 8.73. The monoisotopic (exact) mass is 391 g/mol. The van der Waals surface area contributed by atoms with Gasteiger partial charge >= 0.3 is 5.69 Å². The Labute approximate surface area is 161 Å². The SMILES string of the molecule is Cn1c(=O)[nH]c(=O)c2c1nc1n(-c3ccccc3O)c(-c3ccc(F)cc3)cn21. The summed E-state index contributed by atoms with van der Waals surface area (Å²) in [5.74, 6) is -0.0487. The number of halogens is 1. The number of benzene rings is 2. The zero-order valence-corrected chi connectivity index (χ0v) is 15.1. The molecule has 0 atom stereocenters. The standard InChI is InChI=1S/C20H14FN5O3/c1-24-17-16(18(28)23-20(24)29)25-10-14(11-6-8-12(21)9-7-11)26(19(25)22-17)13-4-2-3-5-15(13)27/h2-10,27H,1H3,(H,23,28,29). The largest absolute Gasteiger partial charge is 0.506 e. The number of nitrogens with zero attached hydrogens (tertiary/aromatic N) is 4. The van der Waals surface area contributed by atoms with Gasteiger partial charge in [0.15, 0.2) is 11.2 Å². The molecule has 0 aliphatic rings. The zero-order chi connectivity index (χ0) is 20.3. The molecule has 0 fully saturated rings. The van der Waals surface area contributed by atoms with E-state index < -0.39 is 11.2 Å². The molecule has 0 aliphatic carbocycles. The number of hydrogen-bond acceptors (Lipinski definition) is 4. The molecule has 144 valence electrons. The molecule has 0 aliphatic heterocycles. The Morgan fingerprint density at radius 1 is 1.07 bits per heavy atom. The summed E-state index contributed by atoms with van der Waals surface area (Å²) >= 11 is 0. The number of aryl methyl sites for hydroxylation is 1. The molecule has 9 heteroatoms. The molecule has 0 bridgehead atoms. The average molecular weight is 391 g/mol. The summed E-state index contributed by atoms with van der Waals surface area (Å²) in [6.45, 7) is 0. The van der Waals surface area contributed by atoms with E-state index in [4.69, 9.17) is 0 Å². The number of imidazole rings is 2. The summed E-state index contributed by atoms with van der Waals surface area (Å²) in [6, 6.07) is 12.5. The average Bonchev–Trinajstić information content (AvgIpc) is 3.24. The zero-order valence-electron chi connectivity index (χ0n) is 15.1. The molecule has 0 spiro atoms. The molecule has 0 saturated heterocycles. The number of rotatable bonds is 2. The molecular formula is C20H14FN5O3. The molecule has 0 unspecified atom stereocenters. The fourth-order valence-corrected chi connectivity index (χ4v) is 3.47. The minimum Gasteiger partial charge on any atom is -0.506 e. The highest BCUT2D eigenvalue weighted by atomic mass is 19.1. The van der Waals surface area contributed by atoms with E-state index in [1.54, 1.807) is 45.5 Å². The van der Waals surface area contributed by atoms with Gasteiger partial charge in [-0.05, 0) is 36.4 Å². The number of H-pyrrole nitrogens is 1. The fourth-order valence-electron chi connectivity index (χ4n) is 3.47. The molecule has 0 saturated carbocycles. The van der Waals surface area contributed by atoms with Crippen molar-refractivity contribution >= 4 is 16.9 Å². The molecule has 2 N–H and O–H groups in total. The lowest BCUT2D eigenvalue weighted by Gasteiger charge is -2.10. The third kappa shape index (κ3) is 2.40. The molecule has 5 rings (SSSR count). The van der Waals surface area contributed by atoms with Gasteiger partial charge in [0.05, 0.1) is 11.4 Å². The van der Waals surface area contributed by atoms with Gasteiger partial charge in [0.2, 0.25) is 5.78 Å². The summed E-state index contributed by atoms with van der Waals surface area (Å²) < 4.78 is 17.9. The van der Waals surface area contributed by atoms with Crippen LogP contribution in [0.25, 0.3) is 33.9 Å². The highest BCUT2D eigenvalue weighted by Gasteiger charge is 2.21. The third-order valence-electron chi connectivity index (χ3n) is 4.89. The summed E-state index contributed by atoms with van der Waals surface area (Å²) in [4.78, 5) is 31.2. The quantitative estimate of drug-likeness (QED) is 0.482. The maximum Gasteiger partial charge on any atom is 0.329 e. The van der Waals surface area contributed by atoms with E-state index >= 15 is 0 Å². The van der Waals surface area contributed by atoms with E-state index in [-0.39, 0.29) is 22.7 Å². The van der Waals surface area contributed by atoms with Crippen molar-refractivity contribution in [3.63, 3.8) is 0 Å². The number of phenols is 1. The van der Waals surface area contributed by atoms with Crippen molar-refractivity contribution in [2.45, 2.75) is 0 Å². The van der Waals surface area contributed by atoms with Crippen LogP contribution in [0.5, 0.6) is 5.75 Å². The molecule has 3 aromatic heterocycles. The molecule has 29 heavy (non-hydrogen) atoms. The maximum atomic E-state index is 13.4. The van der Waals surface area contributed by atoms with Gasteiger partial charge in [0.1, 0.15) is 11.6 Å². The lowest BCUT2D eigenvalue weighted by molar-refractivity contribution is 0.472. The van der Waals surface area contributed by atoms with Crippen molar-refractivity contribution in [2.75, 3.05) is 0 Å². The molecule has 3 heterocycles. The first-order chi connectivity index (χ1) is 14.0. The molecular weight excluding hydrogens is 377 g/mol. The molecule has 0 radical (unpaired) electrons. The summed E-state index contributed by atoms with van der Waals surface area (Å²) in [7, 11) is 1.51. The molecule has 8 nitrogen and oxygen atoms in total. The number of hydrogen-bond donors (Lipinski definition) is 2. The van der Waals surface area contributed by atoms with Crippen LogP contribution in [0, 0.1) is 5.82 Å². The van der Waals surface area contributed by atoms with Crippen LogP contribution in [0.1, 0.15) is 0 Å². The van der Waals surface area contributed by atoms with Crippen molar-refractivity contribution in [1.82, 2.24) is 23.5 Å². The minimum atomic E-state index is -0.573. The van der Waals surface area contributed by atoms with E-state index in [9.17, 15) is 19.1 Å². The van der Waals surface area contributed by atoms with E-state index in [0.29, 0.717) is 22.7 Å². The first kappa shape index (κ1) is 17.0. The van der Waals surface area contributed by atoms with E-state index in [2.05, 4.69) is 9.97 Å². The predicted molar refractivity (Wildman–Crippen MR) is 105 cm³/mol. The van der Waals surface area contributed by atoms with Crippen molar-refractivity contribution in [1.29, 1.82) is 0 Å². The van der Waals surface area contributed by atoms with Gasteiger partial charge in [-0.2, -0.15) is 4.98 Å². The lowest BCUT2D eigenvalue weighted by Crippen LogP contribution is -2.28. The van der Waals surface area contributed by atoms with Crippen LogP contribution in [0.15, 0.2) is 64.3 Å². The molecule has 0 amide bonds. The Morgan fingerprint density at radius 2 is 1.79 bits per heavy atom. The van der Waals surface area contributed by atoms with Gasteiger partial charge in [-0.25, -0.2) is 9.18 Å². The third-order valence-corrected chi connectivity index (χ3v) is 4.89. The number of phenolic OH excluding ortho intramolecular Hbond substituents is 1. The Morgan fingerprint density at radius 3 is 2.52 bits per heavy atom. The van der Waals surface area contributed by atoms with Gasteiger partial charge in [-0.3, -0.25) is 23.3 Å². The van der Waals surface area contributed by atoms with Crippen LogP contribution in [-0.4, -0.2) is 28.6 Å². The van der Waals surface area contributed by atoms with E-state index in [1.165, 1.54) is 29.8 Å². The highest BCUT2D eigenvalue weighted by Crippen LogP contribution is 2.32. The predicted octanol–water partition coefficient (Wildman–Crippen LogP) is 2.18. The van der Waals surface area contributed by atoms with Crippen molar-refractivity contribution in [3.05, 3.63) is 81.4 Å². The van der Waals surface area contributed by atoms with E-state index in [1.807, 2.05) is 0 Å². The fraction of sp³-hybridized carbons (Fsp3) is 0.0500. The number of para-hydroxylation sites is 2. The second kappa shape index (κ2) is 5.93. The topological polar surface area (TPSA) is 97.3 Å². The first-order valence-electron chi connectivity index (χ1n) is 8.73. The smallest absolute Gasteiger partial charge is 0.329 e. The van der Waals surface area contributed by atoms with Crippen molar-refractivity contribution < 1.29 is 9.50 Å². The number of aromatic amines is 1. The van der Waals surface area contributed by atoms with E-state index in [0.717, 1.165) is 0 Å². The van der Waals surface area contributed by atoms with Crippen LogP contribution in [0.4, 0.5) is 4.39 Å². The summed E-state index contributed by atoms with van der Waals surface area (Å²) in [5, 5.41) is 10.4. The Hall–Kier alpha value is -4.14. The van der Waals surface area contributed by atoms with Crippen molar-refractivity contribution in [3.8, 4) is 22.7 Å². The second-order valence-corrected chi connectivity index (χ2v) is 6.62. The number of aromatic hydroxyl groups is 1. The molecule has 5 aromatic rings. The second-order valence-electron chi connectivity index (χ2n) is 6.62. The normalized spacial score (nSPS) is 11.5. The van der Waals surface area contributed by atoms with Crippen LogP contribution in [-0.2, 0) is 7.05 Å². The highest BCUT2D eigenvalue weighted by molar-refractivity contribution is 5.79. The van der Waals surface area contributed by atoms with Gasteiger partial charge in [-0.1, -0.05) is 12.1 Å².